The van der Waals surface area contributed by atoms with Gasteiger partial charge in [-0.3, -0.25) is 14.5 Å². The number of rotatable bonds is 3. The summed E-state index contributed by atoms with van der Waals surface area (Å²) in [6.45, 7) is 6.96. The number of amides is 3. The Morgan fingerprint density at radius 3 is 2.73 bits per heavy atom. The maximum atomic E-state index is 12.7. The second kappa shape index (κ2) is 12.7. The number of nitrogens with two attached hydrogens (primary N) is 1. The van der Waals surface area contributed by atoms with Crippen molar-refractivity contribution in [1.82, 2.24) is 24.8 Å². The molecule has 0 unspecified atom stereocenters. The van der Waals surface area contributed by atoms with E-state index in [2.05, 4.69) is 30.5 Å². The molecule has 1 saturated carbocycles. The van der Waals surface area contributed by atoms with E-state index in [1.807, 2.05) is 57.2 Å². The number of hydrogen-bond acceptors (Lipinski definition) is 8. The lowest BCUT2D eigenvalue weighted by Crippen LogP contribution is -2.38. The first-order valence-electron chi connectivity index (χ1n) is 15.5. The topological polar surface area (TPSA) is 162 Å². The van der Waals surface area contributed by atoms with Gasteiger partial charge >= 0.3 is 6.03 Å². The van der Waals surface area contributed by atoms with Gasteiger partial charge in [-0.2, -0.15) is 0 Å². The molecular weight excluding hydrogens is 572 g/mol. The van der Waals surface area contributed by atoms with E-state index in [0.717, 1.165) is 48.3 Å². The molecule has 0 radical (unpaired) electrons. The van der Waals surface area contributed by atoms with E-state index in [4.69, 9.17) is 20.0 Å². The minimum Gasteiger partial charge on any atom is -0.382 e. The number of carbonyl (C=O) groups excluding carboxylic acids is 2. The molecular formula is C33H40N8O4. The molecule has 2 bridgehead atoms. The summed E-state index contributed by atoms with van der Waals surface area (Å²) in [6.07, 6.45) is 10.6. The van der Waals surface area contributed by atoms with Gasteiger partial charge in [0, 0.05) is 41.1 Å². The van der Waals surface area contributed by atoms with Crippen molar-refractivity contribution in [2.24, 2.45) is 0 Å². The molecule has 6 rings (SSSR count). The smallest absolute Gasteiger partial charge is 0.324 e. The third kappa shape index (κ3) is 6.85. The lowest BCUT2D eigenvalue weighted by molar-refractivity contribution is -0.123. The van der Waals surface area contributed by atoms with Crippen LogP contribution in [0.25, 0.3) is 22.9 Å². The molecule has 12 heteroatoms. The van der Waals surface area contributed by atoms with Gasteiger partial charge in [-0.1, -0.05) is 50.6 Å². The Labute approximate surface area is 261 Å². The monoisotopic (exact) mass is 612 g/mol. The standard InChI is InChI=1S/C33H40N8O4/c1-33(2,3)25-18-26(40-45-25)38-32(43)37-22-12-10-20(11-13-22)28-29-30(34)35-19-24-9-4-5-15-44-16-14-27(42)36-23-8-6-7-21(17-23)31(39-28)41(24)29/h4,9-13,18-19,21,23H,5-8,14-17H2,1-3H3,(H2,34,35)(H,36,42)(H2,37,38,40,43)/b9-4+/t21-,23-/m1/s1. The summed E-state index contributed by atoms with van der Waals surface area (Å²) in [5.74, 6) is 2.45. The Kier molecular flexibility index (Phi) is 8.57. The number of benzene rings is 1. The Morgan fingerprint density at radius 2 is 1.96 bits per heavy atom. The first kappa shape index (κ1) is 30.3. The van der Waals surface area contributed by atoms with Crippen LogP contribution in [0.1, 0.15) is 82.5 Å². The summed E-state index contributed by atoms with van der Waals surface area (Å²) < 4.78 is 13.2. The fourth-order valence-electron chi connectivity index (χ4n) is 5.94. The van der Waals surface area contributed by atoms with E-state index in [0.29, 0.717) is 54.8 Å². The van der Waals surface area contributed by atoms with E-state index >= 15 is 0 Å². The number of aromatic nitrogens is 4. The number of fused-ring (bicyclic) bond motifs is 3. The van der Waals surface area contributed by atoms with Crippen LogP contribution in [0.2, 0.25) is 0 Å². The lowest BCUT2D eigenvalue weighted by atomic mass is 9.85. The molecule has 3 amide bonds. The van der Waals surface area contributed by atoms with Crippen LogP contribution in [-0.4, -0.2) is 50.7 Å². The highest BCUT2D eigenvalue weighted by Gasteiger charge is 2.30. The van der Waals surface area contributed by atoms with Crippen LogP contribution < -0.4 is 21.7 Å². The molecule has 1 aliphatic heterocycles. The molecule has 4 heterocycles. The summed E-state index contributed by atoms with van der Waals surface area (Å²) in [4.78, 5) is 35.0. The van der Waals surface area contributed by atoms with Crippen molar-refractivity contribution >= 4 is 40.9 Å². The third-order valence-corrected chi connectivity index (χ3v) is 8.24. The molecule has 4 aromatic rings. The van der Waals surface area contributed by atoms with Gasteiger partial charge < -0.3 is 25.6 Å². The summed E-state index contributed by atoms with van der Waals surface area (Å²) >= 11 is 0. The number of anilines is 3. The van der Waals surface area contributed by atoms with Crippen molar-refractivity contribution in [2.45, 2.75) is 76.7 Å². The molecule has 0 saturated heterocycles. The Balaban J connectivity index is 1.30. The fourth-order valence-corrected chi connectivity index (χ4v) is 5.94. The first-order valence-corrected chi connectivity index (χ1v) is 15.5. The first-order chi connectivity index (χ1) is 21.7. The molecule has 1 aromatic carbocycles. The van der Waals surface area contributed by atoms with E-state index in [-0.39, 0.29) is 23.3 Å². The van der Waals surface area contributed by atoms with Crippen LogP contribution in [0.15, 0.2) is 47.1 Å². The number of nitrogens with one attached hydrogen (secondary N) is 3. The highest BCUT2D eigenvalue weighted by atomic mass is 16.5. The number of nitrogen functional groups attached to an aromatic ring is 1. The third-order valence-electron chi connectivity index (χ3n) is 8.24. The van der Waals surface area contributed by atoms with Crippen molar-refractivity contribution in [3.05, 3.63) is 59.9 Å². The van der Waals surface area contributed by atoms with Gasteiger partial charge in [0.15, 0.2) is 5.82 Å². The predicted molar refractivity (Wildman–Crippen MR) is 173 cm³/mol. The van der Waals surface area contributed by atoms with E-state index in [9.17, 15) is 9.59 Å². The predicted octanol–water partition coefficient (Wildman–Crippen LogP) is 5.87. The van der Waals surface area contributed by atoms with Crippen molar-refractivity contribution in [1.29, 1.82) is 0 Å². The van der Waals surface area contributed by atoms with Crippen LogP contribution >= 0.6 is 0 Å². The zero-order valence-corrected chi connectivity index (χ0v) is 25.9. The fraction of sp³-hybridized carbons (Fsp3) is 0.424. The Hall–Kier alpha value is -4.71. The van der Waals surface area contributed by atoms with Gasteiger partial charge in [-0.15, -0.1) is 0 Å². The minimum absolute atomic E-state index is 0.0203. The van der Waals surface area contributed by atoms with Crippen LogP contribution in [0.5, 0.6) is 0 Å². The second-order valence-corrected chi connectivity index (χ2v) is 12.7. The Morgan fingerprint density at radius 1 is 1.13 bits per heavy atom. The Bertz CT molecular complexity index is 1720. The van der Waals surface area contributed by atoms with Gasteiger partial charge in [0.05, 0.1) is 25.1 Å². The normalized spacial score (nSPS) is 20.1. The average Bonchev–Trinajstić information content (AvgIpc) is 3.64. The molecule has 1 aliphatic carbocycles. The molecule has 236 valence electrons. The maximum absolute atomic E-state index is 12.7. The van der Waals surface area contributed by atoms with Crippen molar-refractivity contribution in [3.63, 3.8) is 0 Å². The number of urea groups is 1. The van der Waals surface area contributed by atoms with Crippen LogP contribution in [-0.2, 0) is 14.9 Å². The summed E-state index contributed by atoms with van der Waals surface area (Å²) in [6, 6.07) is 8.82. The number of imidazole rings is 1. The number of nitrogens with zero attached hydrogens (tertiary/aromatic N) is 4. The zero-order chi connectivity index (χ0) is 31.6. The summed E-state index contributed by atoms with van der Waals surface area (Å²) in [5.41, 5.74) is 10.1. The van der Waals surface area contributed by atoms with E-state index in [1.165, 1.54) is 0 Å². The molecule has 2 aliphatic rings. The molecule has 2 atom stereocenters. The van der Waals surface area contributed by atoms with Gasteiger partial charge in [0.1, 0.15) is 28.6 Å². The maximum Gasteiger partial charge on any atom is 0.324 e. The zero-order valence-electron chi connectivity index (χ0n) is 25.9. The van der Waals surface area contributed by atoms with E-state index < -0.39 is 6.03 Å². The van der Waals surface area contributed by atoms with E-state index in [1.54, 1.807) is 12.3 Å². The van der Waals surface area contributed by atoms with Gasteiger partial charge in [-0.25, -0.2) is 14.8 Å². The molecule has 12 nitrogen and oxygen atoms in total. The van der Waals surface area contributed by atoms with Crippen LogP contribution in [0.3, 0.4) is 0 Å². The number of ether oxygens (including phenoxy) is 1. The SMILES string of the molecule is CC(C)(C)c1cc(NC(=O)Nc2ccc(-c3nc4n5c(cnc(N)c35)/C=C/CCOCCC(=O)N[C@@H]3CCC[C@@H]4C3)cc2)no1. The molecule has 45 heavy (non-hydrogen) atoms. The lowest BCUT2D eigenvalue weighted by Gasteiger charge is -2.29. The molecule has 0 spiro atoms. The summed E-state index contributed by atoms with van der Waals surface area (Å²) in [5, 5.41) is 12.7. The number of hydrogen-bond donors (Lipinski definition) is 4. The van der Waals surface area contributed by atoms with Gasteiger partial charge in [0.2, 0.25) is 5.91 Å². The quantitative estimate of drug-likeness (QED) is 0.223. The largest absolute Gasteiger partial charge is 0.382 e. The minimum atomic E-state index is -0.430. The van der Waals surface area contributed by atoms with Crippen molar-refractivity contribution in [2.75, 3.05) is 29.6 Å². The molecule has 5 N–H and O–H groups in total. The van der Waals surface area contributed by atoms with Crippen molar-refractivity contribution < 1.29 is 18.8 Å². The number of carbonyl (C=O) groups is 2. The highest BCUT2D eigenvalue weighted by Crippen LogP contribution is 2.38. The molecule has 3 aromatic heterocycles. The van der Waals surface area contributed by atoms with Crippen molar-refractivity contribution in [3.8, 4) is 11.3 Å². The molecule has 1 fully saturated rings. The summed E-state index contributed by atoms with van der Waals surface area (Å²) in [7, 11) is 0. The van der Waals surface area contributed by atoms with Crippen LogP contribution in [0, 0.1) is 0 Å². The van der Waals surface area contributed by atoms with Crippen LogP contribution in [0.4, 0.5) is 22.1 Å². The average molecular weight is 613 g/mol. The van der Waals surface area contributed by atoms with Gasteiger partial charge in [-0.05, 0) is 43.9 Å². The van der Waals surface area contributed by atoms with Gasteiger partial charge in [0.25, 0.3) is 0 Å². The highest BCUT2D eigenvalue weighted by molar-refractivity contribution is 5.99. The second-order valence-electron chi connectivity index (χ2n) is 12.7.